The van der Waals surface area contributed by atoms with Crippen molar-refractivity contribution in [2.24, 2.45) is 5.92 Å². The third-order valence-corrected chi connectivity index (χ3v) is 5.14. The minimum Gasteiger partial charge on any atom is -0.369 e. The fraction of sp³-hybridized carbons (Fsp3) is 0.615. The van der Waals surface area contributed by atoms with Gasteiger partial charge in [-0.15, -0.1) is 0 Å². The van der Waals surface area contributed by atoms with E-state index in [-0.39, 0.29) is 4.90 Å². The number of anilines is 1. The van der Waals surface area contributed by atoms with Crippen LogP contribution in [0.3, 0.4) is 0 Å². The average molecular weight is 362 g/mol. The molecule has 2 rings (SSSR count). The SMILES string of the molecule is CCNc1ncc(Br)cc1S(=O)(=O)NCCCC1CC1. The molecule has 5 nitrogen and oxygen atoms in total. The maximum absolute atomic E-state index is 12.3. The van der Waals surface area contributed by atoms with Crippen molar-refractivity contribution in [3.8, 4) is 0 Å². The Morgan fingerprint density at radius 2 is 2.20 bits per heavy atom. The average Bonchev–Trinajstić information content (AvgIpc) is 3.21. The predicted octanol–water partition coefficient (Wildman–Crippen LogP) is 2.74. The quantitative estimate of drug-likeness (QED) is 0.698. The molecule has 0 aromatic carbocycles. The summed E-state index contributed by atoms with van der Waals surface area (Å²) >= 11 is 3.27. The van der Waals surface area contributed by atoms with E-state index in [2.05, 4.69) is 31.0 Å². The molecule has 0 aliphatic heterocycles. The van der Waals surface area contributed by atoms with Gasteiger partial charge in [-0.05, 0) is 47.7 Å². The number of hydrogen-bond donors (Lipinski definition) is 2. The van der Waals surface area contributed by atoms with Crippen molar-refractivity contribution in [3.63, 3.8) is 0 Å². The van der Waals surface area contributed by atoms with E-state index in [0.29, 0.717) is 23.4 Å². The van der Waals surface area contributed by atoms with Gasteiger partial charge >= 0.3 is 0 Å². The Balaban J connectivity index is 2.04. The van der Waals surface area contributed by atoms with Gasteiger partial charge in [0.1, 0.15) is 10.7 Å². The second-order valence-corrected chi connectivity index (χ2v) is 7.67. The van der Waals surface area contributed by atoms with Gasteiger partial charge in [-0.1, -0.05) is 12.8 Å². The minimum absolute atomic E-state index is 0.195. The fourth-order valence-corrected chi connectivity index (χ4v) is 3.72. The van der Waals surface area contributed by atoms with Gasteiger partial charge in [0.15, 0.2) is 0 Å². The Bertz CT molecular complexity index is 559. The normalized spacial score (nSPS) is 15.3. The molecule has 7 heteroatoms. The van der Waals surface area contributed by atoms with Crippen LogP contribution in [0.15, 0.2) is 21.6 Å². The molecule has 0 amide bonds. The van der Waals surface area contributed by atoms with Crippen molar-refractivity contribution >= 4 is 31.8 Å². The van der Waals surface area contributed by atoms with Crippen LogP contribution in [0.2, 0.25) is 0 Å². The number of pyridine rings is 1. The van der Waals surface area contributed by atoms with E-state index in [1.165, 1.54) is 12.8 Å². The molecule has 1 aromatic heterocycles. The first-order valence-electron chi connectivity index (χ1n) is 6.92. The van der Waals surface area contributed by atoms with Crippen LogP contribution in [0, 0.1) is 5.92 Å². The summed E-state index contributed by atoms with van der Waals surface area (Å²) < 4.78 is 28.0. The third kappa shape index (κ3) is 4.43. The summed E-state index contributed by atoms with van der Waals surface area (Å²) in [5, 5.41) is 2.98. The van der Waals surface area contributed by atoms with Crippen LogP contribution in [0.1, 0.15) is 32.6 Å². The summed E-state index contributed by atoms with van der Waals surface area (Å²) in [7, 11) is -3.52. The Kier molecular flexibility index (Phi) is 5.40. The lowest BCUT2D eigenvalue weighted by Gasteiger charge is -2.11. The highest BCUT2D eigenvalue weighted by molar-refractivity contribution is 9.10. The Morgan fingerprint density at radius 1 is 1.45 bits per heavy atom. The molecule has 1 aromatic rings. The molecule has 0 atom stereocenters. The first kappa shape index (κ1) is 15.7. The lowest BCUT2D eigenvalue weighted by atomic mass is 10.2. The van der Waals surface area contributed by atoms with E-state index in [0.717, 1.165) is 18.8 Å². The lowest BCUT2D eigenvalue weighted by Crippen LogP contribution is -2.26. The topological polar surface area (TPSA) is 71.1 Å². The Labute approximate surface area is 128 Å². The zero-order chi connectivity index (χ0) is 14.6. The molecule has 112 valence electrons. The van der Waals surface area contributed by atoms with Gasteiger partial charge in [0, 0.05) is 23.8 Å². The van der Waals surface area contributed by atoms with Gasteiger partial charge in [-0.2, -0.15) is 0 Å². The van der Waals surface area contributed by atoms with Crippen molar-refractivity contribution in [1.29, 1.82) is 0 Å². The highest BCUT2D eigenvalue weighted by atomic mass is 79.9. The molecule has 0 spiro atoms. The van der Waals surface area contributed by atoms with Crippen molar-refractivity contribution in [1.82, 2.24) is 9.71 Å². The molecule has 0 unspecified atom stereocenters. The number of rotatable bonds is 8. The first-order valence-corrected chi connectivity index (χ1v) is 9.19. The summed E-state index contributed by atoms with van der Waals surface area (Å²) in [6, 6.07) is 1.58. The van der Waals surface area contributed by atoms with Gasteiger partial charge in [-0.25, -0.2) is 18.1 Å². The van der Waals surface area contributed by atoms with Gasteiger partial charge in [0.2, 0.25) is 10.0 Å². The molecule has 1 aliphatic carbocycles. The number of hydrogen-bond acceptors (Lipinski definition) is 4. The van der Waals surface area contributed by atoms with Crippen LogP contribution in [0.5, 0.6) is 0 Å². The van der Waals surface area contributed by atoms with Crippen LogP contribution in [0.4, 0.5) is 5.82 Å². The second-order valence-electron chi connectivity index (χ2n) is 5.01. The number of sulfonamides is 1. The predicted molar refractivity (Wildman–Crippen MR) is 83.2 cm³/mol. The summed E-state index contributed by atoms with van der Waals surface area (Å²) in [6.07, 6.45) is 6.19. The van der Waals surface area contributed by atoms with Crippen LogP contribution in [-0.2, 0) is 10.0 Å². The molecule has 1 fully saturated rings. The molecular formula is C13H20BrN3O2S. The van der Waals surface area contributed by atoms with E-state index < -0.39 is 10.0 Å². The zero-order valence-electron chi connectivity index (χ0n) is 11.5. The van der Waals surface area contributed by atoms with Crippen LogP contribution in [-0.4, -0.2) is 26.5 Å². The van der Waals surface area contributed by atoms with Crippen LogP contribution in [0.25, 0.3) is 0 Å². The van der Waals surface area contributed by atoms with Crippen molar-refractivity contribution in [2.45, 2.75) is 37.5 Å². The molecule has 1 aliphatic rings. The highest BCUT2D eigenvalue weighted by Gasteiger charge is 2.22. The number of nitrogens with one attached hydrogen (secondary N) is 2. The van der Waals surface area contributed by atoms with E-state index >= 15 is 0 Å². The molecule has 0 saturated heterocycles. The maximum atomic E-state index is 12.3. The van der Waals surface area contributed by atoms with Gasteiger partial charge < -0.3 is 5.32 Å². The van der Waals surface area contributed by atoms with E-state index in [4.69, 9.17) is 0 Å². The molecule has 1 heterocycles. The van der Waals surface area contributed by atoms with Crippen LogP contribution >= 0.6 is 15.9 Å². The van der Waals surface area contributed by atoms with Gasteiger partial charge in [0.25, 0.3) is 0 Å². The lowest BCUT2D eigenvalue weighted by molar-refractivity contribution is 0.572. The molecule has 2 N–H and O–H groups in total. The smallest absolute Gasteiger partial charge is 0.244 e. The second kappa shape index (κ2) is 6.87. The van der Waals surface area contributed by atoms with Crippen molar-refractivity contribution in [3.05, 3.63) is 16.7 Å². The minimum atomic E-state index is -3.52. The number of aromatic nitrogens is 1. The molecule has 1 saturated carbocycles. The zero-order valence-corrected chi connectivity index (χ0v) is 13.9. The number of nitrogens with zero attached hydrogens (tertiary/aromatic N) is 1. The standard InChI is InChI=1S/C13H20BrN3O2S/c1-2-15-13-12(8-11(14)9-16-13)20(18,19)17-7-3-4-10-5-6-10/h8-10,17H,2-7H2,1H3,(H,15,16). The van der Waals surface area contributed by atoms with Gasteiger partial charge in [-0.3, -0.25) is 0 Å². The maximum Gasteiger partial charge on any atom is 0.244 e. The summed E-state index contributed by atoms with van der Waals surface area (Å²) in [4.78, 5) is 4.32. The highest BCUT2D eigenvalue weighted by Crippen LogP contribution is 2.33. The van der Waals surface area contributed by atoms with E-state index in [1.54, 1.807) is 12.3 Å². The van der Waals surface area contributed by atoms with E-state index in [9.17, 15) is 8.42 Å². The summed E-state index contributed by atoms with van der Waals surface area (Å²) in [5.74, 6) is 1.22. The Hall–Kier alpha value is -0.660. The third-order valence-electron chi connectivity index (χ3n) is 3.23. The van der Waals surface area contributed by atoms with Crippen molar-refractivity contribution < 1.29 is 8.42 Å². The Morgan fingerprint density at radius 3 is 2.85 bits per heavy atom. The van der Waals surface area contributed by atoms with Gasteiger partial charge in [0.05, 0.1) is 0 Å². The van der Waals surface area contributed by atoms with E-state index in [1.807, 2.05) is 6.92 Å². The molecule has 0 bridgehead atoms. The fourth-order valence-electron chi connectivity index (χ4n) is 2.01. The summed E-state index contributed by atoms with van der Waals surface area (Å²) in [6.45, 7) is 3.01. The molecule has 0 radical (unpaired) electrons. The monoisotopic (exact) mass is 361 g/mol. The van der Waals surface area contributed by atoms with Crippen LogP contribution < -0.4 is 10.0 Å². The number of halogens is 1. The largest absolute Gasteiger partial charge is 0.369 e. The molecular weight excluding hydrogens is 342 g/mol. The first-order chi connectivity index (χ1) is 9.53. The van der Waals surface area contributed by atoms with Crippen molar-refractivity contribution in [2.75, 3.05) is 18.4 Å². The summed E-state index contributed by atoms with van der Waals surface area (Å²) in [5.41, 5.74) is 0. The molecule has 20 heavy (non-hydrogen) atoms.